The molecule has 0 fully saturated rings. The standard InChI is InChI=1S/C13H17F2N3O3/c1-4-17(5-2)13(19)8(3)16-11-7-9(14)6-10(15)12(11)18(20)21/h6-8,16H,4-5H2,1-3H3. The molecule has 1 aromatic rings. The van der Waals surface area contributed by atoms with E-state index in [0.717, 1.165) is 6.07 Å². The summed E-state index contributed by atoms with van der Waals surface area (Å²) in [7, 11) is 0. The molecule has 1 N–H and O–H groups in total. The molecule has 1 rings (SSSR count). The topological polar surface area (TPSA) is 75.5 Å². The first-order valence-electron chi connectivity index (χ1n) is 6.50. The number of hydrogen-bond donors (Lipinski definition) is 1. The molecule has 0 heterocycles. The van der Waals surface area contributed by atoms with Crippen LogP contribution in [0.1, 0.15) is 20.8 Å². The number of halogens is 2. The van der Waals surface area contributed by atoms with E-state index in [1.54, 1.807) is 13.8 Å². The molecule has 21 heavy (non-hydrogen) atoms. The molecule has 0 spiro atoms. The Morgan fingerprint density at radius 1 is 1.38 bits per heavy atom. The Kier molecular flexibility index (Phi) is 5.57. The summed E-state index contributed by atoms with van der Waals surface area (Å²) in [5, 5.41) is 13.4. The predicted octanol–water partition coefficient (Wildman–Crippen LogP) is 2.54. The lowest BCUT2D eigenvalue weighted by atomic mass is 10.2. The average molecular weight is 301 g/mol. The minimum Gasteiger partial charge on any atom is -0.368 e. The molecule has 1 atom stereocenters. The maximum Gasteiger partial charge on any atom is 0.327 e. The second-order valence-corrected chi connectivity index (χ2v) is 4.42. The van der Waals surface area contributed by atoms with Gasteiger partial charge in [0.05, 0.1) is 4.92 Å². The van der Waals surface area contributed by atoms with E-state index in [2.05, 4.69) is 5.32 Å². The van der Waals surface area contributed by atoms with Gasteiger partial charge in [-0.25, -0.2) is 4.39 Å². The van der Waals surface area contributed by atoms with Crippen molar-refractivity contribution in [3.63, 3.8) is 0 Å². The summed E-state index contributed by atoms with van der Waals surface area (Å²) in [6.45, 7) is 6.01. The number of carbonyl (C=O) groups excluding carboxylic acids is 1. The number of amides is 1. The molecule has 0 aliphatic heterocycles. The van der Waals surface area contributed by atoms with E-state index < -0.39 is 28.3 Å². The van der Waals surface area contributed by atoms with Crippen LogP contribution in [0.25, 0.3) is 0 Å². The van der Waals surface area contributed by atoms with Crippen LogP contribution in [0, 0.1) is 21.7 Å². The minimum absolute atomic E-state index is 0.307. The van der Waals surface area contributed by atoms with Gasteiger partial charge in [-0.15, -0.1) is 0 Å². The molecule has 1 unspecified atom stereocenters. The Bertz CT molecular complexity index is 548. The Morgan fingerprint density at radius 2 is 1.95 bits per heavy atom. The van der Waals surface area contributed by atoms with E-state index in [-0.39, 0.29) is 11.6 Å². The second-order valence-electron chi connectivity index (χ2n) is 4.42. The molecule has 6 nitrogen and oxygen atoms in total. The maximum absolute atomic E-state index is 13.5. The van der Waals surface area contributed by atoms with Gasteiger partial charge in [-0.05, 0) is 20.8 Å². The number of hydrogen-bond acceptors (Lipinski definition) is 4. The average Bonchev–Trinajstić information content (AvgIpc) is 2.38. The van der Waals surface area contributed by atoms with Crippen molar-refractivity contribution in [3.05, 3.63) is 33.9 Å². The summed E-state index contributed by atoms with van der Waals surface area (Å²) in [5.74, 6) is -2.55. The van der Waals surface area contributed by atoms with Gasteiger partial charge in [0.1, 0.15) is 17.5 Å². The summed E-state index contributed by atoms with van der Waals surface area (Å²) in [6.07, 6.45) is 0. The summed E-state index contributed by atoms with van der Waals surface area (Å²) in [5.41, 5.74) is -1.24. The van der Waals surface area contributed by atoms with Gasteiger partial charge in [-0.3, -0.25) is 14.9 Å². The van der Waals surface area contributed by atoms with Gasteiger partial charge < -0.3 is 10.2 Å². The number of likely N-dealkylation sites (N-methyl/N-ethyl adjacent to an activating group) is 1. The fourth-order valence-corrected chi connectivity index (χ4v) is 1.97. The SMILES string of the molecule is CCN(CC)C(=O)C(C)Nc1cc(F)cc(F)c1[N+](=O)[O-]. The third-order valence-corrected chi connectivity index (χ3v) is 3.03. The highest BCUT2D eigenvalue weighted by atomic mass is 19.1. The second kappa shape index (κ2) is 6.96. The fourth-order valence-electron chi connectivity index (χ4n) is 1.97. The number of nitro benzene ring substituents is 1. The molecule has 0 saturated carbocycles. The fraction of sp³-hybridized carbons (Fsp3) is 0.462. The highest BCUT2D eigenvalue weighted by Gasteiger charge is 2.26. The highest BCUT2D eigenvalue weighted by molar-refractivity contribution is 5.85. The third-order valence-electron chi connectivity index (χ3n) is 3.03. The van der Waals surface area contributed by atoms with Crippen molar-refractivity contribution in [2.75, 3.05) is 18.4 Å². The molecular formula is C13H17F2N3O3. The van der Waals surface area contributed by atoms with Crippen LogP contribution in [0.2, 0.25) is 0 Å². The number of carbonyl (C=O) groups is 1. The van der Waals surface area contributed by atoms with Crippen LogP contribution < -0.4 is 5.32 Å². The van der Waals surface area contributed by atoms with E-state index in [4.69, 9.17) is 0 Å². The van der Waals surface area contributed by atoms with Gasteiger partial charge in [-0.2, -0.15) is 4.39 Å². The quantitative estimate of drug-likeness (QED) is 0.647. The predicted molar refractivity (Wildman–Crippen MR) is 74.0 cm³/mol. The smallest absolute Gasteiger partial charge is 0.327 e. The van der Waals surface area contributed by atoms with Crippen molar-refractivity contribution < 1.29 is 18.5 Å². The largest absolute Gasteiger partial charge is 0.368 e. The Hall–Kier alpha value is -2.25. The lowest BCUT2D eigenvalue weighted by Gasteiger charge is -2.24. The lowest BCUT2D eigenvalue weighted by molar-refractivity contribution is -0.386. The van der Waals surface area contributed by atoms with Crippen molar-refractivity contribution in [1.29, 1.82) is 0 Å². The van der Waals surface area contributed by atoms with E-state index in [1.165, 1.54) is 11.8 Å². The first-order chi connectivity index (χ1) is 9.81. The molecule has 0 aliphatic carbocycles. The van der Waals surface area contributed by atoms with E-state index in [1.807, 2.05) is 0 Å². The van der Waals surface area contributed by atoms with Crippen LogP contribution in [-0.4, -0.2) is 34.9 Å². The Morgan fingerprint density at radius 3 is 2.43 bits per heavy atom. The maximum atomic E-state index is 13.5. The van der Waals surface area contributed by atoms with Crippen molar-refractivity contribution in [3.8, 4) is 0 Å². The van der Waals surface area contributed by atoms with Gasteiger partial charge >= 0.3 is 5.69 Å². The van der Waals surface area contributed by atoms with Crippen LogP contribution in [0.3, 0.4) is 0 Å². The van der Waals surface area contributed by atoms with Gasteiger partial charge in [0.2, 0.25) is 11.7 Å². The number of benzene rings is 1. The molecule has 0 aliphatic rings. The molecule has 8 heteroatoms. The van der Waals surface area contributed by atoms with E-state index in [9.17, 15) is 23.7 Å². The van der Waals surface area contributed by atoms with Crippen LogP contribution >= 0.6 is 0 Å². The zero-order valence-corrected chi connectivity index (χ0v) is 12.0. The molecule has 0 bridgehead atoms. The van der Waals surface area contributed by atoms with Crippen molar-refractivity contribution in [2.24, 2.45) is 0 Å². The van der Waals surface area contributed by atoms with E-state index >= 15 is 0 Å². The van der Waals surface area contributed by atoms with Gasteiger partial charge in [0.25, 0.3) is 0 Å². The zero-order chi connectivity index (χ0) is 16.2. The summed E-state index contributed by atoms with van der Waals surface area (Å²) in [6, 6.07) is 0.387. The van der Waals surface area contributed by atoms with Gasteiger partial charge in [0, 0.05) is 25.2 Å². The van der Waals surface area contributed by atoms with Crippen molar-refractivity contribution in [1.82, 2.24) is 4.90 Å². The molecule has 116 valence electrons. The van der Waals surface area contributed by atoms with Gasteiger partial charge in [-0.1, -0.05) is 0 Å². The number of anilines is 1. The first kappa shape index (κ1) is 16.8. The molecular weight excluding hydrogens is 284 g/mol. The molecule has 1 aromatic carbocycles. The van der Waals surface area contributed by atoms with Gasteiger partial charge in [0.15, 0.2) is 0 Å². The minimum atomic E-state index is -1.29. The van der Waals surface area contributed by atoms with Crippen molar-refractivity contribution >= 4 is 17.3 Å². The molecule has 0 saturated heterocycles. The number of nitrogens with one attached hydrogen (secondary N) is 1. The van der Waals surface area contributed by atoms with Crippen LogP contribution in [0.5, 0.6) is 0 Å². The zero-order valence-electron chi connectivity index (χ0n) is 12.0. The summed E-state index contributed by atoms with van der Waals surface area (Å²) in [4.78, 5) is 23.5. The molecule has 1 amide bonds. The van der Waals surface area contributed by atoms with Crippen LogP contribution in [-0.2, 0) is 4.79 Å². The van der Waals surface area contributed by atoms with Crippen LogP contribution in [0.4, 0.5) is 20.2 Å². The molecule has 0 aromatic heterocycles. The molecule has 0 radical (unpaired) electrons. The Labute approximate surface area is 120 Å². The summed E-state index contributed by atoms with van der Waals surface area (Å²) < 4.78 is 26.7. The Balaban J connectivity index is 3.07. The number of rotatable bonds is 6. The van der Waals surface area contributed by atoms with Crippen molar-refractivity contribution in [2.45, 2.75) is 26.8 Å². The number of nitro groups is 1. The monoisotopic (exact) mass is 301 g/mol. The highest BCUT2D eigenvalue weighted by Crippen LogP contribution is 2.29. The summed E-state index contributed by atoms with van der Waals surface area (Å²) >= 11 is 0. The van der Waals surface area contributed by atoms with E-state index in [0.29, 0.717) is 19.2 Å². The normalized spacial score (nSPS) is 11.9. The lowest BCUT2D eigenvalue weighted by Crippen LogP contribution is -2.41. The first-order valence-corrected chi connectivity index (χ1v) is 6.50. The van der Waals surface area contributed by atoms with Crippen LogP contribution in [0.15, 0.2) is 12.1 Å². The third kappa shape index (κ3) is 3.87. The number of nitrogens with zero attached hydrogens (tertiary/aromatic N) is 2.